The van der Waals surface area contributed by atoms with Gasteiger partial charge in [0, 0.05) is 30.7 Å². The molecule has 2 N–H and O–H groups in total. The number of hydrogen-bond acceptors (Lipinski definition) is 2. The van der Waals surface area contributed by atoms with Gasteiger partial charge in [0.2, 0.25) is 0 Å². The van der Waals surface area contributed by atoms with Gasteiger partial charge in [-0.25, -0.2) is 0 Å². The molecule has 0 radical (unpaired) electrons. The minimum Gasteiger partial charge on any atom is -0.399 e. The third kappa shape index (κ3) is 1.45. The van der Waals surface area contributed by atoms with Gasteiger partial charge in [-0.2, -0.15) is 0 Å². The van der Waals surface area contributed by atoms with E-state index in [4.69, 9.17) is 5.73 Å². The van der Waals surface area contributed by atoms with Crippen molar-refractivity contribution in [1.29, 1.82) is 0 Å². The monoisotopic (exact) mass is 214 g/mol. The van der Waals surface area contributed by atoms with Crippen molar-refractivity contribution in [2.45, 2.75) is 24.8 Å². The fourth-order valence-corrected chi connectivity index (χ4v) is 2.96. The molecule has 1 saturated carbocycles. The molecule has 84 valence electrons. The summed E-state index contributed by atoms with van der Waals surface area (Å²) in [5.74, 6) is 0. The molecule has 1 heterocycles. The topological polar surface area (TPSA) is 29.3 Å². The van der Waals surface area contributed by atoms with Gasteiger partial charge >= 0.3 is 0 Å². The highest BCUT2D eigenvalue weighted by atomic mass is 15.1. The summed E-state index contributed by atoms with van der Waals surface area (Å²) < 4.78 is 0. The summed E-state index contributed by atoms with van der Waals surface area (Å²) in [7, 11) is 0. The van der Waals surface area contributed by atoms with Crippen molar-refractivity contribution < 1.29 is 0 Å². The number of hydrogen-bond donors (Lipinski definition) is 1. The van der Waals surface area contributed by atoms with Gasteiger partial charge in [-0.3, -0.25) is 4.90 Å². The van der Waals surface area contributed by atoms with Crippen molar-refractivity contribution in [3.05, 3.63) is 42.0 Å². The lowest BCUT2D eigenvalue weighted by Gasteiger charge is -2.34. The summed E-state index contributed by atoms with van der Waals surface area (Å²) in [6.07, 6.45) is 4.66. The van der Waals surface area contributed by atoms with Crippen LogP contribution in [-0.2, 0) is 12.0 Å². The molecule has 3 rings (SSSR count). The first-order valence-corrected chi connectivity index (χ1v) is 5.96. The van der Waals surface area contributed by atoms with Gasteiger partial charge < -0.3 is 5.73 Å². The van der Waals surface area contributed by atoms with E-state index < -0.39 is 0 Å². The minimum absolute atomic E-state index is 0.449. The average molecular weight is 214 g/mol. The number of nitrogens with two attached hydrogens (primary N) is 1. The third-order valence-electron chi connectivity index (χ3n) is 3.86. The summed E-state index contributed by atoms with van der Waals surface area (Å²) >= 11 is 0. The van der Waals surface area contributed by atoms with Gasteiger partial charge in [0.05, 0.1) is 0 Å². The van der Waals surface area contributed by atoms with E-state index in [9.17, 15) is 0 Å². The van der Waals surface area contributed by atoms with E-state index in [-0.39, 0.29) is 0 Å². The van der Waals surface area contributed by atoms with Crippen LogP contribution in [0.2, 0.25) is 0 Å². The number of fused-ring (bicyclic) bond motifs is 2. The van der Waals surface area contributed by atoms with E-state index >= 15 is 0 Å². The summed E-state index contributed by atoms with van der Waals surface area (Å²) in [6.45, 7) is 7.02. The molecule has 2 heteroatoms. The maximum Gasteiger partial charge on any atom is 0.0317 e. The van der Waals surface area contributed by atoms with Crippen LogP contribution in [0.15, 0.2) is 30.9 Å². The fourth-order valence-electron chi connectivity index (χ4n) is 2.96. The van der Waals surface area contributed by atoms with E-state index in [1.165, 1.54) is 24.9 Å². The molecule has 1 aromatic carbocycles. The molecule has 0 amide bonds. The molecule has 0 atom stereocenters. The quantitative estimate of drug-likeness (QED) is 0.604. The number of rotatable bonds is 2. The van der Waals surface area contributed by atoms with Crippen molar-refractivity contribution in [1.82, 2.24) is 4.90 Å². The first kappa shape index (κ1) is 9.91. The zero-order chi connectivity index (χ0) is 11.2. The predicted octanol–water partition coefficient (Wildman–Crippen LogP) is 2.30. The highest BCUT2D eigenvalue weighted by Crippen LogP contribution is 2.52. The summed E-state index contributed by atoms with van der Waals surface area (Å²) in [5, 5.41) is 0. The van der Waals surface area contributed by atoms with Gasteiger partial charge in [-0.1, -0.05) is 12.1 Å². The minimum atomic E-state index is 0.449. The Bertz CT molecular complexity index is 432. The third-order valence-corrected chi connectivity index (χ3v) is 3.86. The Morgan fingerprint density at radius 1 is 1.44 bits per heavy atom. The van der Waals surface area contributed by atoms with Crippen molar-refractivity contribution >= 4 is 5.69 Å². The predicted molar refractivity (Wildman–Crippen MR) is 67.2 cm³/mol. The van der Waals surface area contributed by atoms with Gasteiger partial charge in [0.1, 0.15) is 0 Å². The van der Waals surface area contributed by atoms with Crippen LogP contribution in [0.5, 0.6) is 0 Å². The van der Waals surface area contributed by atoms with Gasteiger partial charge in [0.25, 0.3) is 0 Å². The van der Waals surface area contributed by atoms with Crippen LogP contribution < -0.4 is 5.73 Å². The number of anilines is 1. The lowest BCUT2D eigenvalue weighted by atomic mass is 9.86. The van der Waals surface area contributed by atoms with E-state index in [0.29, 0.717) is 5.41 Å². The SMILES string of the molecule is C=CCN1Cc2cc(N)ccc2C2(CC2)C1. The molecule has 0 unspecified atom stereocenters. The maximum atomic E-state index is 5.87. The average Bonchev–Trinajstić information content (AvgIpc) is 2.98. The highest BCUT2D eigenvalue weighted by molar-refractivity contribution is 5.50. The number of nitrogens with zero attached hydrogens (tertiary/aromatic N) is 1. The Labute approximate surface area is 96.7 Å². The molecule has 2 aliphatic rings. The number of benzene rings is 1. The second kappa shape index (κ2) is 3.36. The number of nitrogen functional groups attached to an aromatic ring is 1. The Kier molecular flexibility index (Phi) is 2.08. The molecule has 0 bridgehead atoms. The zero-order valence-corrected chi connectivity index (χ0v) is 9.58. The van der Waals surface area contributed by atoms with Crippen LogP contribution in [0, 0.1) is 0 Å². The Hall–Kier alpha value is -1.28. The molecule has 1 spiro atoms. The van der Waals surface area contributed by atoms with Crippen LogP contribution in [0.25, 0.3) is 0 Å². The summed E-state index contributed by atoms with van der Waals surface area (Å²) in [4.78, 5) is 2.47. The van der Waals surface area contributed by atoms with E-state index in [2.05, 4.69) is 23.6 Å². The van der Waals surface area contributed by atoms with Gasteiger partial charge in [0.15, 0.2) is 0 Å². The van der Waals surface area contributed by atoms with Gasteiger partial charge in [-0.15, -0.1) is 6.58 Å². The molecular formula is C14H18N2. The Morgan fingerprint density at radius 2 is 2.25 bits per heavy atom. The zero-order valence-electron chi connectivity index (χ0n) is 9.58. The Morgan fingerprint density at radius 3 is 2.94 bits per heavy atom. The fraction of sp³-hybridized carbons (Fsp3) is 0.429. The maximum absolute atomic E-state index is 5.87. The molecule has 1 aliphatic carbocycles. The molecular weight excluding hydrogens is 196 g/mol. The molecule has 0 saturated heterocycles. The molecule has 1 aliphatic heterocycles. The largest absolute Gasteiger partial charge is 0.399 e. The van der Waals surface area contributed by atoms with E-state index in [0.717, 1.165) is 18.8 Å². The lowest BCUT2D eigenvalue weighted by Crippen LogP contribution is -2.37. The van der Waals surface area contributed by atoms with Crippen LogP contribution >= 0.6 is 0 Å². The van der Waals surface area contributed by atoms with Crippen molar-refractivity contribution in [2.24, 2.45) is 0 Å². The van der Waals surface area contributed by atoms with E-state index in [1.54, 1.807) is 5.56 Å². The first-order chi connectivity index (χ1) is 7.73. The Balaban J connectivity index is 1.99. The standard InChI is InChI=1S/C14H18N2/c1-2-7-16-9-11-8-12(15)3-4-13(11)14(10-16)5-6-14/h2-4,8H,1,5-7,9-10,15H2. The van der Waals surface area contributed by atoms with Gasteiger partial charge in [-0.05, 0) is 36.1 Å². The molecule has 2 nitrogen and oxygen atoms in total. The van der Waals surface area contributed by atoms with Crippen LogP contribution in [0.4, 0.5) is 5.69 Å². The van der Waals surface area contributed by atoms with Crippen molar-refractivity contribution in [3.8, 4) is 0 Å². The molecule has 16 heavy (non-hydrogen) atoms. The van der Waals surface area contributed by atoms with Crippen molar-refractivity contribution in [2.75, 3.05) is 18.8 Å². The normalized spacial score (nSPS) is 21.8. The van der Waals surface area contributed by atoms with Crippen LogP contribution in [0.1, 0.15) is 24.0 Å². The smallest absolute Gasteiger partial charge is 0.0317 e. The van der Waals surface area contributed by atoms with Crippen LogP contribution in [-0.4, -0.2) is 18.0 Å². The highest BCUT2D eigenvalue weighted by Gasteiger charge is 2.48. The molecule has 1 aromatic rings. The molecule has 0 aromatic heterocycles. The molecule has 1 fully saturated rings. The summed E-state index contributed by atoms with van der Waals surface area (Å²) in [5.41, 5.74) is 10.2. The summed E-state index contributed by atoms with van der Waals surface area (Å²) in [6, 6.07) is 6.43. The first-order valence-electron chi connectivity index (χ1n) is 5.96. The van der Waals surface area contributed by atoms with Crippen molar-refractivity contribution in [3.63, 3.8) is 0 Å². The van der Waals surface area contributed by atoms with E-state index in [1.807, 2.05) is 12.1 Å². The lowest BCUT2D eigenvalue weighted by molar-refractivity contribution is 0.245. The second-order valence-corrected chi connectivity index (χ2v) is 5.16. The van der Waals surface area contributed by atoms with Crippen LogP contribution in [0.3, 0.4) is 0 Å². The second-order valence-electron chi connectivity index (χ2n) is 5.16.